The molecule has 3 saturated heterocycles. The number of rotatable bonds is 3. The molecule has 0 bridgehead atoms. The van der Waals surface area contributed by atoms with E-state index in [4.69, 9.17) is 21.1 Å². The maximum Gasteiger partial charge on any atom is 0.320 e. The summed E-state index contributed by atoms with van der Waals surface area (Å²) in [5.41, 5.74) is 0. The van der Waals surface area contributed by atoms with E-state index in [9.17, 15) is 9.59 Å². The van der Waals surface area contributed by atoms with Gasteiger partial charge in [-0.25, -0.2) is 4.79 Å². The fourth-order valence-electron chi connectivity index (χ4n) is 4.11. The number of nitrogens with one attached hydrogen (secondary N) is 1. The van der Waals surface area contributed by atoms with Gasteiger partial charge in [-0.3, -0.25) is 4.79 Å². The van der Waals surface area contributed by atoms with E-state index in [-0.39, 0.29) is 30.7 Å². The Morgan fingerprint density at radius 3 is 2.61 bits per heavy atom. The third-order valence-electron chi connectivity index (χ3n) is 5.78. The maximum atomic E-state index is 12.9. The van der Waals surface area contributed by atoms with Crippen molar-refractivity contribution < 1.29 is 19.1 Å². The number of likely N-dealkylation sites (tertiary alicyclic amines) is 2. The summed E-state index contributed by atoms with van der Waals surface area (Å²) in [5, 5.41) is 3.64. The van der Waals surface area contributed by atoms with Gasteiger partial charge in [-0.2, -0.15) is 0 Å². The lowest BCUT2D eigenvalue weighted by molar-refractivity contribution is -0.139. The summed E-state index contributed by atoms with van der Waals surface area (Å²) in [6.07, 6.45) is 2.65. The van der Waals surface area contributed by atoms with Crippen LogP contribution in [0.25, 0.3) is 0 Å². The number of halogens is 1. The second-order valence-corrected chi connectivity index (χ2v) is 8.17. The Morgan fingerprint density at radius 1 is 1.14 bits per heavy atom. The molecule has 3 amide bonds. The quantitative estimate of drug-likeness (QED) is 0.833. The summed E-state index contributed by atoms with van der Waals surface area (Å²) >= 11 is 5.89. The molecule has 0 aromatic heterocycles. The van der Waals surface area contributed by atoms with Crippen molar-refractivity contribution in [3.8, 4) is 5.75 Å². The number of fused-ring (bicyclic) bond motifs is 1. The number of hydrogen-bond acceptors (Lipinski definition) is 4. The van der Waals surface area contributed by atoms with Crippen molar-refractivity contribution in [1.29, 1.82) is 0 Å². The molecule has 2 atom stereocenters. The van der Waals surface area contributed by atoms with Crippen LogP contribution >= 0.6 is 11.6 Å². The van der Waals surface area contributed by atoms with Gasteiger partial charge < -0.3 is 24.6 Å². The molecule has 4 rings (SSSR count). The van der Waals surface area contributed by atoms with Crippen molar-refractivity contribution in [2.75, 3.05) is 39.4 Å². The summed E-state index contributed by atoms with van der Waals surface area (Å²) < 4.78 is 11.4. The van der Waals surface area contributed by atoms with Gasteiger partial charge in [0, 0.05) is 31.2 Å². The fraction of sp³-hybridized carbons (Fsp3) is 0.600. The van der Waals surface area contributed by atoms with Crippen LogP contribution in [0.5, 0.6) is 5.75 Å². The van der Waals surface area contributed by atoms with Crippen LogP contribution in [-0.2, 0) is 9.53 Å². The zero-order chi connectivity index (χ0) is 19.5. The molecule has 0 spiro atoms. The van der Waals surface area contributed by atoms with Gasteiger partial charge in [0.25, 0.3) is 0 Å². The maximum absolute atomic E-state index is 12.9. The first-order chi connectivity index (χ1) is 13.6. The third-order valence-corrected chi connectivity index (χ3v) is 6.03. The number of hydrogen-bond donors (Lipinski definition) is 1. The Kier molecular flexibility index (Phi) is 5.92. The van der Waals surface area contributed by atoms with E-state index in [1.54, 1.807) is 0 Å². The average Bonchev–Trinajstić information content (AvgIpc) is 2.72. The number of carbonyl (C=O) groups is 2. The molecule has 1 N–H and O–H groups in total. The van der Waals surface area contributed by atoms with E-state index in [0.29, 0.717) is 30.6 Å². The topological polar surface area (TPSA) is 71.1 Å². The highest BCUT2D eigenvalue weighted by atomic mass is 35.5. The summed E-state index contributed by atoms with van der Waals surface area (Å²) in [6.45, 7) is 3.45. The summed E-state index contributed by atoms with van der Waals surface area (Å²) in [6, 6.07) is 7.36. The molecular weight excluding hydrogens is 382 g/mol. The highest BCUT2D eigenvalue weighted by Gasteiger charge is 2.37. The minimum absolute atomic E-state index is 0.0255. The molecule has 0 aliphatic carbocycles. The number of benzene rings is 1. The van der Waals surface area contributed by atoms with Crippen LogP contribution in [-0.4, -0.2) is 73.3 Å². The zero-order valence-corrected chi connectivity index (χ0v) is 16.6. The molecule has 3 aliphatic heterocycles. The molecule has 3 heterocycles. The van der Waals surface area contributed by atoms with E-state index in [1.807, 2.05) is 34.1 Å². The first-order valence-electron chi connectivity index (χ1n) is 9.91. The van der Waals surface area contributed by atoms with Crippen LogP contribution in [0.3, 0.4) is 0 Å². The summed E-state index contributed by atoms with van der Waals surface area (Å²) in [5.74, 6) is 1.16. The lowest BCUT2D eigenvalue weighted by Crippen LogP contribution is -2.62. The molecule has 1 aromatic carbocycles. The Balaban J connectivity index is 1.22. The molecule has 0 radical (unpaired) electrons. The van der Waals surface area contributed by atoms with Gasteiger partial charge >= 0.3 is 6.03 Å². The number of piperidine rings is 2. The second-order valence-electron chi connectivity index (χ2n) is 7.74. The van der Waals surface area contributed by atoms with Gasteiger partial charge in [0.1, 0.15) is 12.4 Å². The number of carbonyl (C=O) groups excluding carboxylic acids is 2. The highest BCUT2D eigenvalue weighted by molar-refractivity contribution is 6.30. The van der Waals surface area contributed by atoms with E-state index in [0.717, 1.165) is 38.1 Å². The average molecular weight is 408 g/mol. The summed E-state index contributed by atoms with van der Waals surface area (Å²) in [4.78, 5) is 28.2. The Labute approximate surface area is 169 Å². The number of amides is 3. The molecule has 152 valence electrons. The Bertz CT molecular complexity index is 706. The second kappa shape index (κ2) is 8.57. The van der Waals surface area contributed by atoms with Gasteiger partial charge in [0.15, 0.2) is 0 Å². The zero-order valence-electron chi connectivity index (χ0n) is 15.8. The molecule has 3 aliphatic rings. The fourth-order valence-corrected chi connectivity index (χ4v) is 4.24. The minimum atomic E-state index is -0.1000. The Morgan fingerprint density at radius 2 is 1.86 bits per heavy atom. The Hall–Kier alpha value is -1.99. The standard InChI is InChI=1S/C20H26ClN3O4/c21-15-1-3-16(4-2-15)27-12-14-5-8-23(9-6-14)20(26)24-10-7-18-17(11-24)22-19(25)13-28-18/h1-4,14,17-18H,5-13H2,(H,22,25)/t17-,18+/m1/s1. The molecular formula is C20H26ClN3O4. The van der Waals surface area contributed by atoms with Gasteiger partial charge in [0.2, 0.25) is 5.91 Å². The lowest BCUT2D eigenvalue weighted by atomic mass is 9.97. The van der Waals surface area contributed by atoms with E-state index < -0.39 is 0 Å². The molecule has 0 unspecified atom stereocenters. The number of nitrogens with zero attached hydrogens (tertiary/aromatic N) is 2. The SMILES string of the molecule is O=C1CO[C@H]2CCN(C(=O)N3CCC(COc4ccc(Cl)cc4)CC3)C[C@H]2N1. The van der Waals surface area contributed by atoms with Crippen LogP contribution < -0.4 is 10.1 Å². The van der Waals surface area contributed by atoms with Crippen molar-refractivity contribution >= 4 is 23.5 Å². The van der Waals surface area contributed by atoms with Crippen LogP contribution in [0, 0.1) is 5.92 Å². The van der Waals surface area contributed by atoms with E-state index in [1.165, 1.54) is 0 Å². The van der Waals surface area contributed by atoms with Crippen molar-refractivity contribution in [2.24, 2.45) is 5.92 Å². The highest BCUT2D eigenvalue weighted by Crippen LogP contribution is 2.23. The normalized spacial score (nSPS) is 25.8. The van der Waals surface area contributed by atoms with E-state index in [2.05, 4.69) is 5.32 Å². The smallest absolute Gasteiger partial charge is 0.320 e. The minimum Gasteiger partial charge on any atom is -0.493 e. The molecule has 3 fully saturated rings. The monoisotopic (exact) mass is 407 g/mol. The third kappa shape index (κ3) is 4.52. The largest absolute Gasteiger partial charge is 0.493 e. The molecule has 1 aromatic rings. The molecule has 7 nitrogen and oxygen atoms in total. The number of morpholine rings is 1. The van der Waals surface area contributed by atoms with Crippen molar-refractivity contribution in [3.05, 3.63) is 29.3 Å². The number of urea groups is 1. The van der Waals surface area contributed by atoms with Crippen molar-refractivity contribution in [3.63, 3.8) is 0 Å². The van der Waals surface area contributed by atoms with E-state index >= 15 is 0 Å². The van der Waals surface area contributed by atoms with Gasteiger partial charge in [0.05, 0.1) is 18.8 Å². The van der Waals surface area contributed by atoms with Gasteiger partial charge in [-0.1, -0.05) is 11.6 Å². The van der Waals surface area contributed by atoms with Crippen LogP contribution in [0.1, 0.15) is 19.3 Å². The van der Waals surface area contributed by atoms with Crippen LogP contribution in [0.15, 0.2) is 24.3 Å². The van der Waals surface area contributed by atoms with Crippen molar-refractivity contribution in [2.45, 2.75) is 31.4 Å². The summed E-state index contributed by atoms with van der Waals surface area (Å²) in [7, 11) is 0. The van der Waals surface area contributed by atoms with Gasteiger partial charge in [-0.05, 0) is 49.4 Å². The number of ether oxygens (including phenoxy) is 2. The van der Waals surface area contributed by atoms with Crippen LogP contribution in [0.2, 0.25) is 5.02 Å². The first-order valence-corrected chi connectivity index (χ1v) is 10.3. The lowest BCUT2D eigenvalue weighted by Gasteiger charge is -2.43. The first kappa shape index (κ1) is 19.3. The van der Waals surface area contributed by atoms with Crippen LogP contribution in [0.4, 0.5) is 4.79 Å². The molecule has 28 heavy (non-hydrogen) atoms. The predicted octanol–water partition coefficient (Wildman–Crippen LogP) is 2.14. The van der Waals surface area contributed by atoms with Gasteiger partial charge in [-0.15, -0.1) is 0 Å². The predicted molar refractivity (Wildman–Crippen MR) is 105 cm³/mol. The molecule has 8 heteroatoms. The van der Waals surface area contributed by atoms with Crippen molar-refractivity contribution in [1.82, 2.24) is 15.1 Å². The molecule has 0 saturated carbocycles.